The highest BCUT2D eigenvalue weighted by molar-refractivity contribution is 6.31. The molecule has 3 rings (SSSR count). The average Bonchev–Trinajstić information content (AvgIpc) is 2.66. The number of amides is 1. The van der Waals surface area contributed by atoms with Crippen LogP contribution in [0, 0.1) is 5.92 Å². The zero-order valence-corrected chi connectivity index (χ0v) is 15.9. The van der Waals surface area contributed by atoms with Crippen molar-refractivity contribution in [3.63, 3.8) is 0 Å². The molecule has 2 aromatic carbocycles. The number of nitrogens with one attached hydrogen (secondary N) is 1. The predicted molar refractivity (Wildman–Crippen MR) is 106 cm³/mol. The van der Waals surface area contributed by atoms with Crippen molar-refractivity contribution in [1.29, 1.82) is 0 Å². The van der Waals surface area contributed by atoms with Gasteiger partial charge in [0, 0.05) is 17.1 Å². The Morgan fingerprint density at radius 3 is 2.63 bits per heavy atom. The Morgan fingerprint density at radius 2 is 1.93 bits per heavy atom. The molecule has 1 aromatic heterocycles. The fourth-order valence-electron chi connectivity index (χ4n) is 2.57. The summed E-state index contributed by atoms with van der Waals surface area (Å²) in [6.45, 7) is 4.26. The van der Waals surface area contributed by atoms with Crippen LogP contribution in [0.4, 0.5) is 0 Å². The molecule has 0 unspecified atom stereocenters. The normalized spacial score (nSPS) is 11.0. The molecular weight excluding hydrogens is 366 g/mol. The smallest absolute Gasteiger partial charge is 0.257 e. The van der Waals surface area contributed by atoms with E-state index in [4.69, 9.17) is 20.8 Å². The number of fused-ring (bicyclic) bond motifs is 1. The Kier molecular flexibility index (Phi) is 5.81. The molecule has 5 nitrogen and oxygen atoms in total. The van der Waals surface area contributed by atoms with Gasteiger partial charge in [0.15, 0.2) is 12.4 Å². The molecular formula is C21H20ClNO4. The van der Waals surface area contributed by atoms with Gasteiger partial charge in [0.25, 0.3) is 5.91 Å². The first-order valence-electron chi connectivity index (χ1n) is 8.67. The Hall–Kier alpha value is -2.79. The Bertz CT molecular complexity index is 1010. The molecule has 0 saturated heterocycles. The lowest BCUT2D eigenvalue weighted by atomic mass is 10.1. The number of hydrogen-bond donors (Lipinski definition) is 1. The van der Waals surface area contributed by atoms with Crippen LogP contribution in [0.3, 0.4) is 0 Å². The minimum Gasteiger partial charge on any atom is -0.476 e. The lowest BCUT2D eigenvalue weighted by Gasteiger charge is -2.12. The molecule has 0 aliphatic heterocycles. The molecule has 27 heavy (non-hydrogen) atoms. The fraction of sp³-hybridized carbons (Fsp3) is 0.238. The SMILES string of the molecule is CC(C)CNC(=O)COc1c(-c2ccccc2)oc2ccc(Cl)cc2c1=O. The van der Waals surface area contributed by atoms with Gasteiger partial charge in [-0.05, 0) is 24.1 Å². The van der Waals surface area contributed by atoms with Gasteiger partial charge in [-0.2, -0.15) is 0 Å². The second-order valence-corrected chi connectivity index (χ2v) is 7.02. The molecule has 0 aliphatic rings. The summed E-state index contributed by atoms with van der Waals surface area (Å²) in [5.74, 6) is 0.303. The highest BCUT2D eigenvalue weighted by atomic mass is 35.5. The zero-order valence-electron chi connectivity index (χ0n) is 15.1. The number of carbonyl (C=O) groups is 1. The fourth-order valence-corrected chi connectivity index (χ4v) is 2.74. The van der Waals surface area contributed by atoms with Crippen LogP contribution >= 0.6 is 11.6 Å². The maximum atomic E-state index is 13.0. The number of ether oxygens (including phenoxy) is 1. The number of carbonyl (C=O) groups excluding carboxylic acids is 1. The summed E-state index contributed by atoms with van der Waals surface area (Å²) in [5, 5.41) is 3.48. The van der Waals surface area contributed by atoms with Gasteiger partial charge < -0.3 is 14.5 Å². The van der Waals surface area contributed by atoms with Crippen LogP contribution in [0.5, 0.6) is 5.75 Å². The van der Waals surface area contributed by atoms with E-state index in [9.17, 15) is 9.59 Å². The van der Waals surface area contributed by atoms with Crippen molar-refractivity contribution in [2.75, 3.05) is 13.2 Å². The number of halogens is 1. The van der Waals surface area contributed by atoms with Gasteiger partial charge in [0.1, 0.15) is 5.58 Å². The third-order valence-electron chi connectivity index (χ3n) is 3.90. The van der Waals surface area contributed by atoms with Crippen LogP contribution in [0.25, 0.3) is 22.3 Å². The summed E-state index contributed by atoms with van der Waals surface area (Å²) < 4.78 is 11.5. The van der Waals surface area contributed by atoms with Crippen molar-refractivity contribution >= 4 is 28.5 Å². The van der Waals surface area contributed by atoms with Gasteiger partial charge in [0.05, 0.1) is 5.39 Å². The van der Waals surface area contributed by atoms with Crippen LogP contribution in [0.2, 0.25) is 5.02 Å². The first-order valence-corrected chi connectivity index (χ1v) is 9.05. The summed E-state index contributed by atoms with van der Waals surface area (Å²) in [4.78, 5) is 25.0. The molecule has 140 valence electrons. The quantitative estimate of drug-likeness (QED) is 0.688. The van der Waals surface area contributed by atoms with E-state index in [1.807, 2.05) is 44.2 Å². The van der Waals surface area contributed by atoms with Crippen molar-refractivity contribution in [2.45, 2.75) is 13.8 Å². The molecule has 0 saturated carbocycles. The molecule has 0 bridgehead atoms. The third kappa shape index (κ3) is 4.49. The van der Waals surface area contributed by atoms with Crippen LogP contribution in [-0.4, -0.2) is 19.1 Å². The number of hydrogen-bond acceptors (Lipinski definition) is 4. The highest BCUT2D eigenvalue weighted by Gasteiger charge is 2.19. The molecule has 1 amide bonds. The van der Waals surface area contributed by atoms with E-state index >= 15 is 0 Å². The van der Waals surface area contributed by atoms with Gasteiger partial charge in [-0.3, -0.25) is 9.59 Å². The second kappa shape index (κ2) is 8.27. The monoisotopic (exact) mass is 385 g/mol. The van der Waals surface area contributed by atoms with Crippen molar-refractivity contribution in [2.24, 2.45) is 5.92 Å². The van der Waals surface area contributed by atoms with E-state index in [2.05, 4.69) is 5.32 Å². The van der Waals surface area contributed by atoms with Crippen molar-refractivity contribution < 1.29 is 13.9 Å². The second-order valence-electron chi connectivity index (χ2n) is 6.58. The Morgan fingerprint density at radius 1 is 1.19 bits per heavy atom. The summed E-state index contributed by atoms with van der Waals surface area (Å²) in [5.41, 5.74) is 0.721. The van der Waals surface area contributed by atoms with Crippen LogP contribution in [0.15, 0.2) is 57.7 Å². The van der Waals surface area contributed by atoms with Crippen molar-refractivity contribution in [1.82, 2.24) is 5.32 Å². The zero-order chi connectivity index (χ0) is 19.4. The maximum Gasteiger partial charge on any atom is 0.257 e. The minimum absolute atomic E-state index is 0.00402. The average molecular weight is 386 g/mol. The van der Waals surface area contributed by atoms with Crippen LogP contribution in [0.1, 0.15) is 13.8 Å². The number of rotatable bonds is 6. The first kappa shape index (κ1) is 19.0. The summed E-state index contributed by atoms with van der Waals surface area (Å²) in [6.07, 6.45) is 0. The molecule has 1 N–H and O–H groups in total. The van der Waals surface area contributed by atoms with Gasteiger partial charge in [0.2, 0.25) is 11.2 Å². The molecule has 0 fully saturated rings. The maximum absolute atomic E-state index is 13.0. The van der Waals surface area contributed by atoms with Gasteiger partial charge in [-0.15, -0.1) is 0 Å². The Balaban J connectivity index is 2.01. The first-order chi connectivity index (χ1) is 13.0. The molecule has 0 aliphatic carbocycles. The predicted octanol–water partition coefficient (Wildman–Crippen LogP) is 4.26. The third-order valence-corrected chi connectivity index (χ3v) is 4.14. The molecule has 3 aromatic rings. The largest absolute Gasteiger partial charge is 0.476 e. The molecule has 0 spiro atoms. The van der Waals surface area contributed by atoms with Gasteiger partial charge >= 0.3 is 0 Å². The van der Waals surface area contributed by atoms with Crippen molar-refractivity contribution in [3.8, 4) is 17.1 Å². The molecule has 0 atom stereocenters. The van der Waals surface area contributed by atoms with Crippen LogP contribution in [-0.2, 0) is 4.79 Å². The standard InChI is InChI=1S/C21H20ClNO4/c1-13(2)11-23-18(24)12-26-21-19(25)16-10-15(22)8-9-17(16)27-20(21)14-6-4-3-5-7-14/h3-10,13H,11-12H2,1-2H3,(H,23,24). The van der Waals surface area contributed by atoms with E-state index in [-0.39, 0.29) is 29.5 Å². The van der Waals surface area contributed by atoms with E-state index in [1.54, 1.807) is 12.1 Å². The van der Waals surface area contributed by atoms with E-state index in [0.29, 0.717) is 34.0 Å². The Labute approximate surface area is 161 Å². The van der Waals surface area contributed by atoms with Crippen molar-refractivity contribution in [3.05, 3.63) is 63.8 Å². The summed E-state index contributed by atoms with van der Waals surface area (Å²) >= 11 is 6.01. The minimum atomic E-state index is -0.366. The summed E-state index contributed by atoms with van der Waals surface area (Å²) in [6, 6.07) is 14.0. The highest BCUT2D eigenvalue weighted by Crippen LogP contribution is 2.31. The van der Waals surface area contributed by atoms with Gasteiger partial charge in [-0.25, -0.2) is 0 Å². The van der Waals surface area contributed by atoms with Crippen LogP contribution < -0.4 is 15.5 Å². The van der Waals surface area contributed by atoms with E-state index in [1.165, 1.54) is 6.07 Å². The lowest BCUT2D eigenvalue weighted by molar-refractivity contribution is -0.123. The lowest BCUT2D eigenvalue weighted by Crippen LogP contribution is -2.32. The van der Waals surface area contributed by atoms with E-state index in [0.717, 1.165) is 0 Å². The molecule has 1 heterocycles. The van der Waals surface area contributed by atoms with E-state index < -0.39 is 0 Å². The summed E-state index contributed by atoms with van der Waals surface area (Å²) in [7, 11) is 0. The topological polar surface area (TPSA) is 68.5 Å². The molecule has 0 radical (unpaired) electrons. The molecule has 6 heteroatoms. The number of benzene rings is 2. The van der Waals surface area contributed by atoms with Gasteiger partial charge in [-0.1, -0.05) is 55.8 Å².